The van der Waals surface area contributed by atoms with Gasteiger partial charge in [0.25, 0.3) is 5.56 Å². The fourth-order valence-electron chi connectivity index (χ4n) is 1.46. The molecule has 0 aliphatic carbocycles. The molecule has 6 heteroatoms. The average molecular weight is 306 g/mol. The van der Waals surface area contributed by atoms with Crippen molar-refractivity contribution in [2.75, 3.05) is 0 Å². The van der Waals surface area contributed by atoms with Crippen LogP contribution in [0.25, 0.3) is 10.9 Å². The second-order valence-electron chi connectivity index (χ2n) is 3.21. The van der Waals surface area contributed by atoms with Crippen molar-refractivity contribution in [3.05, 3.63) is 38.1 Å². The molecule has 0 aliphatic rings. The van der Waals surface area contributed by atoms with Crippen molar-refractivity contribution in [3.8, 4) is 0 Å². The third-order valence-corrected chi connectivity index (χ3v) is 3.16. The smallest absolute Gasteiger partial charge is 0.262 e. The first-order valence-corrected chi connectivity index (χ1v) is 5.76. The van der Waals surface area contributed by atoms with Crippen molar-refractivity contribution in [3.63, 3.8) is 0 Å². The minimum absolute atomic E-state index is 0.0710. The van der Waals surface area contributed by atoms with E-state index in [0.29, 0.717) is 11.9 Å². The number of fused-ring (bicyclic) bond motifs is 1. The molecule has 0 aliphatic heterocycles. The maximum absolute atomic E-state index is 13.3. The lowest BCUT2D eigenvalue weighted by molar-refractivity contribution is 0.622. The average Bonchev–Trinajstić information content (AvgIpc) is 2.22. The molecule has 0 radical (unpaired) electrons. The monoisotopic (exact) mass is 304 g/mol. The van der Waals surface area contributed by atoms with Gasteiger partial charge in [-0.2, -0.15) is 0 Å². The van der Waals surface area contributed by atoms with Crippen LogP contribution < -0.4 is 5.56 Å². The molecule has 3 nitrogen and oxygen atoms in total. The molecule has 0 fully saturated rings. The van der Waals surface area contributed by atoms with Crippen molar-refractivity contribution >= 4 is 38.4 Å². The van der Waals surface area contributed by atoms with Crippen LogP contribution in [0.5, 0.6) is 0 Å². The van der Waals surface area contributed by atoms with E-state index in [9.17, 15) is 9.18 Å². The van der Waals surface area contributed by atoms with Crippen molar-refractivity contribution in [1.82, 2.24) is 9.55 Å². The summed E-state index contributed by atoms with van der Waals surface area (Å²) in [5.74, 6) is -0.468. The first-order chi connectivity index (χ1) is 7.54. The fraction of sp³-hybridized carbons (Fsp3) is 0.200. The predicted octanol–water partition coefficient (Wildman–Crippen LogP) is 2.97. The predicted molar refractivity (Wildman–Crippen MR) is 64.3 cm³/mol. The standard InChI is InChI=1S/C10H7BrClFN2O/c1-2-15-9(16)5-3-6(11)7(13)4-8(5)14-10(15)12/h3-4H,2H2,1H3. The maximum Gasteiger partial charge on any atom is 0.262 e. The second kappa shape index (κ2) is 4.14. The zero-order chi connectivity index (χ0) is 11.9. The molecular formula is C10H7BrClFN2O. The molecule has 0 saturated heterocycles. The number of rotatable bonds is 1. The minimum atomic E-state index is -0.468. The number of nitrogens with zero attached hydrogens (tertiary/aromatic N) is 2. The van der Waals surface area contributed by atoms with E-state index in [1.165, 1.54) is 16.7 Å². The Morgan fingerprint density at radius 1 is 1.56 bits per heavy atom. The highest BCUT2D eigenvalue weighted by Crippen LogP contribution is 2.21. The Kier molecular flexibility index (Phi) is 2.99. The Morgan fingerprint density at radius 2 is 2.25 bits per heavy atom. The van der Waals surface area contributed by atoms with Crippen LogP contribution >= 0.6 is 27.5 Å². The van der Waals surface area contributed by atoms with Gasteiger partial charge >= 0.3 is 0 Å². The van der Waals surface area contributed by atoms with Gasteiger partial charge in [0.15, 0.2) is 0 Å². The van der Waals surface area contributed by atoms with Crippen LogP contribution in [0.3, 0.4) is 0 Å². The highest BCUT2D eigenvalue weighted by molar-refractivity contribution is 9.10. The van der Waals surface area contributed by atoms with Crippen LogP contribution in [0.4, 0.5) is 4.39 Å². The molecule has 1 heterocycles. The van der Waals surface area contributed by atoms with Crippen LogP contribution in [0.1, 0.15) is 6.92 Å². The summed E-state index contributed by atoms with van der Waals surface area (Å²) in [5, 5.41) is 0.418. The van der Waals surface area contributed by atoms with Gasteiger partial charge < -0.3 is 0 Å². The van der Waals surface area contributed by atoms with Gasteiger partial charge in [0.1, 0.15) is 5.82 Å². The van der Waals surface area contributed by atoms with E-state index >= 15 is 0 Å². The molecule has 84 valence electrons. The van der Waals surface area contributed by atoms with Crippen LogP contribution in [0.15, 0.2) is 21.4 Å². The molecule has 0 spiro atoms. The van der Waals surface area contributed by atoms with Gasteiger partial charge in [-0.15, -0.1) is 0 Å². The molecule has 16 heavy (non-hydrogen) atoms. The van der Waals surface area contributed by atoms with E-state index in [2.05, 4.69) is 20.9 Å². The molecule has 0 saturated carbocycles. The van der Waals surface area contributed by atoms with Gasteiger partial charge in [-0.1, -0.05) is 0 Å². The normalized spacial score (nSPS) is 11.0. The summed E-state index contributed by atoms with van der Waals surface area (Å²) in [6.45, 7) is 2.22. The van der Waals surface area contributed by atoms with Gasteiger partial charge in [-0.25, -0.2) is 9.37 Å². The van der Waals surface area contributed by atoms with Gasteiger partial charge in [0.2, 0.25) is 5.28 Å². The van der Waals surface area contributed by atoms with E-state index in [-0.39, 0.29) is 20.8 Å². The number of halogens is 3. The molecular weight excluding hydrogens is 298 g/mol. The third kappa shape index (κ3) is 1.74. The summed E-state index contributed by atoms with van der Waals surface area (Å²) in [7, 11) is 0. The van der Waals surface area contributed by atoms with Crippen LogP contribution in [-0.4, -0.2) is 9.55 Å². The van der Waals surface area contributed by atoms with Gasteiger partial charge in [0.05, 0.1) is 15.4 Å². The summed E-state index contributed by atoms with van der Waals surface area (Å²) in [5.41, 5.74) is -0.00130. The topological polar surface area (TPSA) is 34.9 Å². The van der Waals surface area contributed by atoms with E-state index in [4.69, 9.17) is 11.6 Å². The lowest BCUT2D eigenvalue weighted by atomic mass is 10.2. The number of aromatic nitrogens is 2. The third-order valence-electron chi connectivity index (χ3n) is 2.27. The second-order valence-corrected chi connectivity index (χ2v) is 4.41. The first-order valence-electron chi connectivity index (χ1n) is 4.59. The lowest BCUT2D eigenvalue weighted by Crippen LogP contribution is -2.21. The van der Waals surface area contributed by atoms with Crippen LogP contribution in [0, 0.1) is 5.82 Å². The Labute approximate surface area is 104 Å². The zero-order valence-corrected chi connectivity index (χ0v) is 10.6. The Balaban J connectivity index is 2.94. The summed E-state index contributed by atoms with van der Waals surface area (Å²) in [6.07, 6.45) is 0. The van der Waals surface area contributed by atoms with Gasteiger partial charge in [0, 0.05) is 12.6 Å². The summed E-state index contributed by atoms with van der Waals surface area (Å²) in [6, 6.07) is 2.61. The maximum atomic E-state index is 13.3. The Morgan fingerprint density at radius 3 is 2.88 bits per heavy atom. The molecule has 2 aromatic rings. The molecule has 0 unspecified atom stereocenters. The molecule has 2 rings (SSSR count). The lowest BCUT2D eigenvalue weighted by Gasteiger charge is -2.06. The first kappa shape index (κ1) is 11.5. The minimum Gasteiger partial charge on any atom is -0.283 e. The van der Waals surface area contributed by atoms with E-state index in [1.54, 1.807) is 6.92 Å². The Bertz CT molecular complexity index is 626. The highest BCUT2D eigenvalue weighted by atomic mass is 79.9. The van der Waals surface area contributed by atoms with Gasteiger partial charge in [-0.05, 0) is 40.5 Å². The van der Waals surface area contributed by atoms with E-state index in [1.807, 2.05) is 0 Å². The van der Waals surface area contributed by atoms with Gasteiger partial charge in [-0.3, -0.25) is 9.36 Å². The summed E-state index contributed by atoms with van der Waals surface area (Å²) >= 11 is 8.85. The highest BCUT2D eigenvalue weighted by Gasteiger charge is 2.10. The summed E-state index contributed by atoms with van der Waals surface area (Å²) in [4.78, 5) is 15.9. The number of hydrogen-bond acceptors (Lipinski definition) is 2. The molecule has 1 aromatic heterocycles. The molecule has 0 atom stereocenters. The number of hydrogen-bond donors (Lipinski definition) is 0. The van der Waals surface area contributed by atoms with E-state index in [0.717, 1.165) is 0 Å². The number of benzene rings is 1. The molecule has 0 bridgehead atoms. The van der Waals surface area contributed by atoms with Crippen molar-refractivity contribution in [1.29, 1.82) is 0 Å². The van der Waals surface area contributed by atoms with Crippen LogP contribution in [0.2, 0.25) is 5.28 Å². The molecule has 1 aromatic carbocycles. The van der Waals surface area contributed by atoms with E-state index < -0.39 is 5.82 Å². The van der Waals surface area contributed by atoms with Crippen molar-refractivity contribution in [2.45, 2.75) is 13.5 Å². The van der Waals surface area contributed by atoms with Crippen molar-refractivity contribution in [2.24, 2.45) is 0 Å². The molecule has 0 N–H and O–H groups in total. The summed E-state index contributed by atoms with van der Waals surface area (Å²) < 4.78 is 14.8. The SMILES string of the molecule is CCn1c(Cl)nc2cc(F)c(Br)cc2c1=O. The molecule has 0 amide bonds. The fourth-order valence-corrected chi connectivity index (χ4v) is 2.09. The Hall–Kier alpha value is -0.940. The quantitative estimate of drug-likeness (QED) is 0.759. The largest absolute Gasteiger partial charge is 0.283 e. The van der Waals surface area contributed by atoms with Crippen molar-refractivity contribution < 1.29 is 4.39 Å². The van der Waals surface area contributed by atoms with Crippen LogP contribution in [-0.2, 0) is 6.54 Å². The zero-order valence-electron chi connectivity index (χ0n) is 8.30.